The quantitative estimate of drug-likeness (QED) is 0.609. The summed E-state index contributed by atoms with van der Waals surface area (Å²) in [5, 5.41) is 0. The molecular formula is C6H4F6NO. The van der Waals surface area contributed by atoms with E-state index in [9.17, 15) is 31.1 Å². The summed E-state index contributed by atoms with van der Waals surface area (Å²) in [5.74, 6) is -15.3. The predicted octanol–water partition coefficient (Wildman–Crippen LogP) is 1.28. The van der Waals surface area contributed by atoms with Crippen molar-refractivity contribution in [3.05, 3.63) is 0 Å². The van der Waals surface area contributed by atoms with Gasteiger partial charge in [-0.25, -0.2) is 0 Å². The highest BCUT2D eigenvalue weighted by Gasteiger charge is 2.74. The molecule has 1 saturated heterocycles. The van der Waals surface area contributed by atoms with Crippen molar-refractivity contribution in [3.63, 3.8) is 0 Å². The molecule has 1 amide bonds. The minimum absolute atomic E-state index is 0.197. The monoisotopic (exact) mass is 220 g/mol. The first-order chi connectivity index (χ1) is 6.14. The van der Waals surface area contributed by atoms with Crippen molar-refractivity contribution in [2.75, 3.05) is 13.1 Å². The molecule has 0 spiro atoms. The summed E-state index contributed by atoms with van der Waals surface area (Å²) in [7, 11) is 0. The smallest absolute Gasteiger partial charge is 0.322 e. The SMILES string of the molecule is O=[C]N1CC(F)(F)C(F)(F)C(F)(F)C1. The molecule has 0 aromatic heterocycles. The highest BCUT2D eigenvalue weighted by atomic mass is 19.3. The number of likely N-dealkylation sites (tertiary alicyclic amines) is 1. The Morgan fingerprint density at radius 3 is 1.57 bits per heavy atom. The summed E-state index contributed by atoms with van der Waals surface area (Å²) in [4.78, 5) is 9.64. The third-order valence-electron chi connectivity index (χ3n) is 1.83. The van der Waals surface area contributed by atoms with Gasteiger partial charge >= 0.3 is 24.2 Å². The molecule has 2 nitrogen and oxygen atoms in total. The van der Waals surface area contributed by atoms with E-state index >= 15 is 0 Å². The lowest BCUT2D eigenvalue weighted by Crippen LogP contribution is -2.67. The van der Waals surface area contributed by atoms with Crippen LogP contribution in [0.15, 0.2) is 0 Å². The summed E-state index contributed by atoms with van der Waals surface area (Å²) >= 11 is 0. The molecule has 0 N–H and O–H groups in total. The molecule has 0 bridgehead atoms. The second-order valence-corrected chi connectivity index (χ2v) is 2.93. The largest absolute Gasteiger partial charge is 0.375 e. The average molecular weight is 220 g/mol. The van der Waals surface area contributed by atoms with Gasteiger partial charge in [-0.1, -0.05) is 0 Å². The van der Waals surface area contributed by atoms with Gasteiger partial charge in [-0.05, 0) is 0 Å². The summed E-state index contributed by atoms with van der Waals surface area (Å²) in [5.41, 5.74) is 0. The Morgan fingerprint density at radius 1 is 0.929 bits per heavy atom. The van der Waals surface area contributed by atoms with Crippen LogP contribution in [0.3, 0.4) is 0 Å². The van der Waals surface area contributed by atoms with Gasteiger partial charge in [0.15, 0.2) is 0 Å². The minimum Gasteiger partial charge on any atom is -0.322 e. The number of nitrogens with zero attached hydrogens (tertiary/aromatic N) is 1. The van der Waals surface area contributed by atoms with Gasteiger partial charge in [0.25, 0.3) is 0 Å². The standard InChI is InChI=1S/C6H4F6NO/c7-4(8)1-13(3-14)2-5(9,10)6(4,11)12/h1-2H2. The Labute approximate surface area is 74.5 Å². The number of hydrogen-bond donors (Lipinski definition) is 0. The van der Waals surface area contributed by atoms with E-state index in [1.807, 2.05) is 0 Å². The van der Waals surface area contributed by atoms with Crippen LogP contribution in [0.25, 0.3) is 0 Å². The lowest BCUT2D eigenvalue weighted by Gasteiger charge is -2.40. The first-order valence-electron chi connectivity index (χ1n) is 3.40. The Morgan fingerprint density at radius 2 is 1.29 bits per heavy atom. The summed E-state index contributed by atoms with van der Waals surface area (Å²) in [6.07, 6.45) is 0.743. The zero-order chi connectivity index (χ0) is 11.2. The second kappa shape index (κ2) is 2.77. The second-order valence-electron chi connectivity index (χ2n) is 2.93. The molecule has 0 atom stereocenters. The van der Waals surface area contributed by atoms with Crippen LogP contribution in [0.5, 0.6) is 0 Å². The predicted molar refractivity (Wildman–Crippen MR) is 32.1 cm³/mol. The van der Waals surface area contributed by atoms with E-state index in [-0.39, 0.29) is 4.90 Å². The number of hydrogen-bond acceptors (Lipinski definition) is 1. The molecule has 0 unspecified atom stereocenters. The first kappa shape index (κ1) is 11.1. The van der Waals surface area contributed by atoms with Crippen LogP contribution in [-0.2, 0) is 4.79 Å². The van der Waals surface area contributed by atoms with Crippen molar-refractivity contribution in [1.82, 2.24) is 4.90 Å². The number of carbonyl (C=O) groups excluding carboxylic acids is 1. The first-order valence-corrected chi connectivity index (χ1v) is 3.40. The maximum atomic E-state index is 12.5. The fraction of sp³-hybridized carbons (Fsp3) is 0.833. The number of halogens is 6. The lowest BCUT2D eigenvalue weighted by molar-refractivity contribution is -0.332. The normalized spacial score (nSPS) is 28.6. The van der Waals surface area contributed by atoms with E-state index < -0.39 is 30.9 Å². The molecule has 1 rings (SSSR count). The van der Waals surface area contributed by atoms with Gasteiger partial charge in [-0.15, -0.1) is 0 Å². The van der Waals surface area contributed by atoms with Gasteiger partial charge in [-0.2, -0.15) is 26.3 Å². The van der Waals surface area contributed by atoms with E-state index in [0.29, 0.717) is 0 Å². The molecule has 1 aliphatic rings. The Kier molecular flexibility index (Phi) is 2.20. The Balaban J connectivity index is 3.05. The van der Waals surface area contributed by atoms with E-state index in [0.717, 1.165) is 6.41 Å². The number of piperidine rings is 1. The van der Waals surface area contributed by atoms with Crippen LogP contribution in [0.4, 0.5) is 26.3 Å². The van der Waals surface area contributed by atoms with Gasteiger partial charge in [0, 0.05) is 0 Å². The third kappa shape index (κ3) is 1.32. The van der Waals surface area contributed by atoms with Gasteiger partial charge in [-0.3, -0.25) is 4.79 Å². The number of amides is 1. The molecule has 81 valence electrons. The van der Waals surface area contributed by atoms with Gasteiger partial charge in [0.05, 0.1) is 13.1 Å². The topological polar surface area (TPSA) is 20.3 Å². The molecule has 0 aromatic carbocycles. The highest BCUT2D eigenvalue weighted by Crippen LogP contribution is 2.48. The van der Waals surface area contributed by atoms with E-state index in [4.69, 9.17) is 0 Å². The molecule has 1 heterocycles. The molecule has 0 saturated carbocycles. The Hall–Kier alpha value is -0.950. The number of alkyl halides is 6. The average Bonchev–Trinajstić information content (AvgIpc) is 1.99. The van der Waals surface area contributed by atoms with Crippen LogP contribution < -0.4 is 0 Å². The molecule has 0 aromatic rings. The summed E-state index contributed by atoms with van der Waals surface area (Å²) in [6.45, 7) is -3.50. The van der Waals surface area contributed by atoms with Crippen molar-refractivity contribution in [3.8, 4) is 0 Å². The fourth-order valence-electron chi connectivity index (χ4n) is 1.07. The molecule has 1 aliphatic heterocycles. The molecule has 1 fully saturated rings. The lowest BCUT2D eigenvalue weighted by atomic mass is 9.99. The van der Waals surface area contributed by atoms with Crippen molar-refractivity contribution < 1.29 is 31.1 Å². The zero-order valence-electron chi connectivity index (χ0n) is 6.54. The summed E-state index contributed by atoms with van der Waals surface area (Å²) < 4.78 is 74.7. The van der Waals surface area contributed by atoms with Crippen molar-refractivity contribution in [2.45, 2.75) is 17.8 Å². The van der Waals surface area contributed by atoms with Crippen LogP contribution >= 0.6 is 0 Å². The van der Waals surface area contributed by atoms with E-state index in [1.54, 1.807) is 0 Å². The van der Waals surface area contributed by atoms with Crippen LogP contribution in [-0.4, -0.2) is 42.2 Å². The van der Waals surface area contributed by atoms with Gasteiger partial charge < -0.3 is 4.90 Å². The van der Waals surface area contributed by atoms with Crippen molar-refractivity contribution in [1.29, 1.82) is 0 Å². The highest BCUT2D eigenvalue weighted by molar-refractivity contribution is 5.49. The van der Waals surface area contributed by atoms with Crippen LogP contribution in [0, 0.1) is 0 Å². The minimum atomic E-state index is -5.44. The molecule has 1 radical (unpaired) electrons. The maximum absolute atomic E-state index is 12.5. The van der Waals surface area contributed by atoms with E-state index in [1.165, 1.54) is 0 Å². The van der Waals surface area contributed by atoms with Crippen LogP contribution in [0.1, 0.15) is 0 Å². The van der Waals surface area contributed by atoms with Crippen LogP contribution in [0.2, 0.25) is 0 Å². The van der Waals surface area contributed by atoms with Gasteiger partial charge in [0.1, 0.15) is 0 Å². The molecule has 14 heavy (non-hydrogen) atoms. The Bertz CT molecular complexity index is 233. The van der Waals surface area contributed by atoms with Crippen molar-refractivity contribution in [2.24, 2.45) is 0 Å². The van der Waals surface area contributed by atoms with Crippen molar-refractivity contribution >= 4 is 6.41 Å². The van der Waals surface area contributed by atoms with Gasteiger partial charge in [0.2, 0.25) is 0 Å². The summed E-state index contributed by atoms with van der Waals surface area (Å²) in [6, 6.07) is 0. The fourth-order valence-corrected chi connectivity index (χ4v) is 1.07. The zero-order valence-corrected chi connectivity index (χ0v) is 6.54. The third-order valence-corrected chi connectivity index (χ3v) is 1.83. The molecular weight excluding hydrogens is 216 g/mol. The molecule has 0 aliphatic carbocycles. The van der Waals surface area contributed by atoms with E-state index in [2.05, 4.69) is 0 Å². The molecule has 8 heteroatoms. The maximum Gasteiger partial charge on any atom is 0.375 e. The number of rotatable bonds is 1.